The van der Waals surface area contributed by atoms with Crippen LogP contribution < -0.4 is 5.73 Å². The molecule has 0 fully saturated rings. The summed E-state index contributed by atoms with van der Waals surface area (Å²) >= 11 is 0. The lowest BCUT2D eigenvalue weighted by Gasteiger charge is -2.06. The highest BCUT2D eigenvalue weighted by Crippen LogP contribution is 2.24. The standard InChI is InChI=1S/C12H14FN3/c1-8-5-9(3-4-11(8)13)12-10(6-14)7-15-16(12)2/h3-5,7H,6,14H2,1-2H3. The number of aromatic nitrogens is 2. The van der Waals surface area contributed by atoms with Crippen LogP contribution in [-0.2, 0) is 13.6 Å². The molecule has 2 aromatic rings. The smallest absolute Gasteiger partial charge is 0.126 e. The van der Waals surface area contributed by atoms with Gasteiger partial charge in [0, 0.05) is 24.7 Å². The van der Waals surface area contributed by atoms with Gasteiger partial charge in [-0.15, -0.1) is 0 Å². The monoisotopic (exact) mass is 219 g/mol. The van der Waals surface area contributed by atoms with Gasteiger partial charge in [-0.1, -0.05) is 0 Å². The summed E-state index contributed by atoms with van der Waals surface area (Å²) in [4.78, 5) is 0. The first kappa shape index (κ1) is 10.8. The highest BCUT2D eigenvalue weighted by atomic mass is 19.1. The van der Waals surface area contributed by atoms with Gasteiger partial charge in [0.2, 0.25) is 0 Å². The maximum atomic E-state index is 13.2. The van der Waals surface area contributed by atoms with E-state index in [1.807, 2.05) is 13.1 Å². The minimum absolute atomic E-state index is 0.194. The summed E-state index contributed by atoms with van der Waals surface area (Å²) in [5.41, 5.74) is 9.13. The predicted octanol–water partition coefficient (Wildman–Crippen LogP) is 1.99. The molecule has 3 nitrogen and oxygen atoms in total. The van der Waals surface area contributed by atoms with Crippen LogP contribution in [0.1, 0.15) is 11.1 Å². The number of halogens is 1. The van der Waals surface area contributed by atoms with Gasteiger partial charge in [0.05, 0.1) is 11.9 Å². The molecule has 0 aliphatic rings. The van der Waals surface area contributed by atoms with E-state index >= 15 is 0 Å². The predicted molar refractivity (Wildman–Crippen MR) is 61.2 cm³/mol. The van der Waals surface area contributed by atoms with Crippen LogP contribution in [0, 0.1) is 12.7 Å². The first-order chi connectivity index (χ1) is 7.63. The van der Waals surface area contributed by atoms with Gasteiger partial charge in [-0.05, 0) is 30.7 Å². The average Bonchev–Trinajstić information content (AvgIpc) is 2.64. The van der Waals surface area contributed by atoms with Crippen LogP contribution in [0.4, 0.5) is 4.39 Å². The lowest BCUT2D eigenvalue weighted by molar-refractivity contribution is 0.618. The summed E-state index contributed by atoms with van der Waals surface area (Å²) in [6.45, 7) is 2.18. The summed E-state index contributed by atoms with van der Waals surface area (Å²) in [5.74, 6) is -0.194. The first-order valence-corrected chi connectivity index (χ1v) is 5.11. The maximum Gasteiger partial charge on any atom is 0.126 e. The Morgan fingerprint density at radius 2 is 2.19 bits per heavy atom. The van der Waals surface area contributed by atoms with Gasteiger partial charge in [0.1, 0.15) is 5.82 Å². The molecule has 0 saturated carbocycles. The highest BCUT2D eigenvalue weighted by Gasteiger charge is 2.10. The van der Waals surface area contributed by atoms with Crippen molar-refractivity contribution in [1.82, 2.24) is 9.78 Å². The lowest BCUT2D eigenvalue weighted by atomic mass is 10.1. The molecular weight excluding hydrogens is 205 g/mol. The van der Waals surface area contributed by atoms with Gasteiger partial charge < -0.3 is 5.73 Å². The van der Waals surface area contributed by atoms with Crippen LogP contribution in [0.2, 0.25) is 0 Å². The largest absolute Gasteiger partial charge is 0.326 e. The van der Waals surface area contributed by atoms with Crippen LogP contribution in [0.15, 0.2) is 24.4 Å². The van der Waals surface area contributed by atoms with Crippen LogP contribution in [0.5, 0.6) is 0 Å². The molecule has 0 spiro atoms. The molecule has 4 heteroatoms. The van der Waals surface area contributed by atoms with Crippen molar-refractivity contribution < 1.29 is 4.39 Å². The third kappa shape index (κ3) is 1.72. The van der Waals surface area contributed by atoms with Gasteiger partial charge in [-0.25, -0.2) is 4.39 Å². The van der Waals surface area contributed by atoms with E-state index in [2.05, 4.69) is 5.10 Å². The molecule has 16 heavy (non-hydrogen) atoms. The third-order valence-corrected chi connectivity index (χ3v) is 2.67. The minimum Gasteiger partial charge on any atom is -0.326 e. The molecule has 0 unspecified atom stereocenters. The number of rotatable bonds is 2. The molecule has 1 aromatic carbocycles. The first-order valence-electron chi connectivity index (χ1n) is 5.11. The van der Waals surface area contributed by atoms with Crippen molar-refractivity contribution in [3.05, 3.63) is 41.3 Å². The van der Waals surface area contributed by atoms with Gasteiger partial charge in [0.25, 0.3) is 0 Å². The number of hydrogen-bond acceptors (Lipinski definition) is 2. The molecule has 2 N–H and O–H groups in total. The van der Waals surface area contributed by atoms with Crippen molar-refractivity contribution in [3.8, 4) is 11.3 Å². The summed E-state index contributed by atoms with van der Waals surface area (Å²) in [6.07, 6.45) is 1.74. The molecule has 0 atom stereocenters. The number of nitrogens with zero attached hydrogens (tertiary/aromatic N) is 2. The van der Waals surface area contributed by atoms with Gasteiger partial charge in [-0.2, -0.15) is 5.10 Å². The Hall–Kier alpha value is -1.68. The van der Waals surface area contributed by atoms with E-state index in [0.29, 0.717) is 12.1 Å². The maximum absolute atomic E-state index is 13.2. The molecule has 0 saturated heterocycles. The second-order valence-electron chi connectivity index (χ2n) is 3.81. The summed E-state index contributed by atoms with van der Waals surface area (Å²) < 4.78 is 14.9. The summed E-state index contributed by atoms with van der Waals surface area (Å²) in [5, 5.41) is 4.16. The molecular formula is C12H14FN3. The van der Waals surface area contributed by atoms with Crippen molar-refractivity contribution in [2.75, 3.05) is 0 Å². The molecule has 0 amide bonds. The molecule has 0 bridgehead atoms. The zero-order chi connectivity index (χ0) is 11.7. The Morgan fingerprint density at radius 1 is 1.44 bits per heavy atom. The van der Waals surface area contributed by atoms with E-state index in [1.165, 1.54) is 6.07 Å². The zero-order valence-corrected chi connectivity index (χ0v) is 9.37. The van der Waals surface area contributed by atoms with Gasteiger partial charge >= 0.3 is 0 Å². The van der Waals surface area contributed by atoms with Crippen molar-refractivity contribution >= 4 is 0 Å². The van der Waals surface area contributed by atoms with E-state index in [-0.39, 0.29) is 5.82 Å². The number of hydrogen-bond donors (Lipinski definition) is 1. The average molecular weight is 219 g/mol. The summed E-state index contributed by atoms with van der Waals surface area (Å²) in [6, 6.07) is 5.03. The van der Waals surface area contributed by atoms with Crippen molar-refractivity contribution in [1.29, 1.82) is 0 Å². The van der Waals surface area contributed by atoms with Crippen LogP contribution in [-0.4, -0.2) is 9.78 Å². The number of benzene rings is 1. The molecule has 84 valence electrons. The second-order valence-corrected chi connectivity index (χ2v) is 3.81. The fourth-order valence-electron chi connectivity index (χ4n) is 1.80. The van der Waals surface area contributed by atoms with Gasteiger partial charge in [-0.3, -0.25) is 4.68 Å². The summed E-state index contributed by atoms with van der Waals surface area (Å²) in [7, 11) is 1.85. The highest BCUT2D eigenvalue weighted by molar-refractivity contribution is 5.64. The second kappa shape index (κ2) is 4.06. The quantitative estimate of drug-likeness (QED) is 0.839. The van der Waals surface area contributed by atoms with Crippen LogP contribution in [0.25, 0.3) is 11.3 Å². The Labute approximate surface area is 93.7 Å². The van der Waals surface area contributed by atoms with Crippen LogP contribution >= 0.6 is 0 Å². The van der Waals surface area contributed by atoms with Crippen molar-refractivity contribution in [2.24, 2.45) is 12.8 Å². The third-order valence-electron chi connectivity index (χ3n) is 2.67. The molecule has 0 aliphatic heterocycles. The SMILES string of the molecule is Cc1cc(-c2c(CN)cnn2C)ccc1F. The molecule has 2 rings (SSSR count). The molecule has 1 heterocycles. The van der Waals surface area contributed by atoms with Crippen molar-refractivity contribution in [2.45, 2.75) is 13.5 Å². The zero-order valence-electron chi connectivity index (χ0n) is 9.37. The number of nitrogens with two attached hydrogens (primary N) is 1. The van der Waals surface area contributed by atoms with E-state index in [0.717, 1.165) is 16.8 Å². The Balaban J connectivity index is 2.57. The lowest BCUT2D eigenvalue weighted by Crippen LogP contribution is -2.00. The molecule has 0 radical (unpaired) electrons. The van der Waals surface area contributed by atoms with E-state index in [1.54, 1.807) is 23.9 Å². The Kier molecular flexibility index (Phi) is 2.75. The minimum atomic E-state index is -0.194. The Bertz CT molecular complexity index is 517. The van der Waals surface area contributed by atoms with E-state index in [4.69, 9.17) is 5.73 Å². The topological polar surface area (TPSA) is 43.8 Å². The van der Waals surface area contributed by atoms with Gasteiger partial charge in [0.15, 0.2) is 0 Å². The fourth-order valence-corrected chi connectivity index (χ4v) is 1.80. The van der Waals surface area contributed by atoms with Crippen LogP contribution in [0.3, 0.4) is 0 Å². The normalized spacial score (nSPS) is 10.8. The molecule has 1 aromatic heterocycles. The van der Waals surface area contributed by atoms with E-state index in [9.17, 15) is 4.39 Å². The fraction of sp³-hybridized carbons (Fsp3) is 0.250. The molecule has 0 aliphatic carbocycles. The van der Waals surface area contributed by atoms with Crippen molar-refractivity contribution in [3.63, 3.8) is 0 Å². The number of aryl methyl sites for hydroxylation is 2. The Morgan fingerprint density at radius 3 is 2.81 bits per heavy atom. The van der Waals surface area contributed by atoms with E-state index < -0.39 is 0 Å².